The van der Waals surface area contributed by atoms with Crippen molar-refractivity contribution < 1.29 is 48.4 Å². The van der Waals surface area contributed by atoms with Crippen LogP contribution in [-0.2, 0) is 23.1 Å². The Morgan fingerprint density at radius 1 is 1.02 bits per heavy atom. The Labute approximate surface area is 223 Å². The third kappa shape index (κ3) is 5.42. The lowest BCUT2D eigenvalue weighted by Gasteiger charge is -2.23. The summed E-state index contributed by atoms with van der Waals surface area (Å²) in [5, 5.41) is 41.3. The number of nitrogens with zero attached hydrogens (tertiary/aromatic N) is 6. The minimum absolute atomic E-state index is 0. The number of phosphoric ester groups is 1. The second-order valence-electron chi connectivity index (χ2n) is 8.74. The Hall–Kier alpha value is -3.14. The van der Waals surface area contributed by atoms with Crippen LogP contribution in [0, 0.1) is 0 Å². The zero-order valence-electron chi connectivity index (χ0n) is 20.5. The number of nitrogens with two attached hydrogens (primary N) is 2. The number of hydrogen-bond acceptors (Lipinski definition) is 17. The van der Waals surface area contributed by atoms with Gasteiger partial charge in [-0.2, -0.15) is 4.98 Å². The second-order valence-corrected chi connectivity index (χ2v) is 10.2. The van der Waals surface area contributed by atoms with E-state index in [0.29, 0.717) is 0 Å². The van der Waals surface area contributed by atoms with E-state index in [4.69, 9.17) is 30.0 Å². The lowest BCUT2D eigenvalue weighted by Crippen LogP contribution is -2.38. The van der Waals surface area contributed by atoms with Gasteiger partial charge in [-0.15, -0.1) is 0 Å². The SMILES string of the molecule is N.Nc1ccn(C2OC(CO)C(OP(=O)(O)OCC3OC(n4cnc5c(N)ncnc54)C(O)C3O)C2O)c(=O)n1. The van der Waals surface area contributed by atoms with Crippen LogP contribution in [0.25, 0.3) is 11.2 Å². The molecule has 9 atom stereocenters. The van der Waals surface area contributed by atoms with Crippen LogP contribution in [0.15, 0.2) is 29.7 Å². The molecular weight excluding hydrogens is 561 g/mol. The van der Waals surface area contributed by atoms with Gasteiger partial charge in [0.1, 0.15) is 54.3 Å². The monoisotopic (exact) mass is 589 g/mol. The van der Waals surface area contributed by atoms with E-state index in [2.05, 4.69) is 19.9 Å². The van der Waals surface area contributed by atoms with E-state index in [1.54, 1.807) is 0 Å². The van der Waals surface area contributed by atoms with Crippen LogP contribution >= 0.6 is 7.82 Å². The molecule has 3 aromatic heterocycles. The summed E-state index contributed by atoms with van der Waals surface area (Å²) >= 11 is 0. The van der Waals surface area contributed by atoms with Gasteiger partial charge in [-0.3, -0.25) is 18.2 Å². The van der Waals surface area contributed by atoms with Gasteiger partial charge < -0.3 is 52.4 Å². The quantitative estimate of drug-likeness (QED) is 0.120. The van der Waals surface area contributed by atoms with Crippen molar-refractivity contribution in [3.63, 3.8) is 0 Å². The lowest BCUT2D eigenvalue weighted by atomic mass is 10.1. The molecule has 12 N–H and O–H groups in total. The van der Waals surface area contributed by atoms with E-state index in [9.17, 15) is 34.7 Å². The highest BCUT2D eigenvalue weighted by Gasteiger charge is 2.50. The van der Waals surface area contributed by atoms with E-state index in [-0.39, 0.29) is 29.0 Å². The summed E-state index contributed by atoms with van der Waals surface area (Å²) in [5.41, 5.74) is 10.8. The van der Waals surface area contributed by atoms with Gasteiger partial charge in [0, 0.05) is 6.20 Å². The van der Waals surface area contributed by atoms with Gasteiger partial charge in [-0.25, -0.2) is 24.3 Å². The minimum Gasteiger partial charge on any atom is -0.394 e. The van der Waals surface area contributed by atoms with Crippen molar-refractivity contribution in [1.29, 1.82) is 0 Å². The maximum Gasteiger partial charge on any atom is 0.472 e. The first-order valence-electron chi connectivity index (χ1n) is 11.4. The number of rotatable bonds is 8. The van der Waals surface area contributed by atoms with Crippen molar-refractivity contribution in [3.8, 4) is 0 Å². The first-order valence-corrected chi connectivity index (χ1v) is 12.9. The van der Waals surface area contributed by atoms with Gasteiger partial charge in [0.2, 0.25) is 0 Å². The first-order chi connectivity index (χ1) is 18.5. The summed E-state index contributed by atoms with van der Waals surface area (Å²) in [6.45, 7) is -1.48. The van der Waals surface area contributed by atoms with Gasteiger partial charge in [0.25, 0.3) is 0 Å². The van der Waals surface area contributed by atoms with Crippen molar-refractivity contribution in [2.24, 2.45) is 0 Å². The van der Waals surface area contributed by atoms with E-state index < -0.39 is 75.8 Å². The zero-order valence-corrected chi connectivity index (χ0v) is 21.4. The number of ether oxygens (including phenoxy) is 2. The molecule has 2 aliphatic rings. The average Bonchev–Trinajstić information content (AvgIpc) is 3.53. The predicted molar refractivity (Wildman–Crippen MR) is 131 cm³/mol. The number of aliphatic hydroxyl groups is 4. The summed E-state index contributed by atoms with van der Waals surface area (Å²) in [5.74, 6) is 0.00915. The molecule has 0 aliphatic carbocycles. The Morgan fingerprint density at radius 3 is 2.42 bits per heavy atom. The fourth-order valence-corrected chi connectivity index (χ4v) is 5.32. The number of aliphatic hydroxyl groups excluding tert-OH is 4. The van der Waals surface area contributed by atoms with Crippen molar-refractivity contribution in [2.45, 2.75) is 49.1 Å². The molecule has 21 heteroatoms. The van der Waals surface area contributed by atoms with E-state index >= 15 is 0 Å². The topological polar surface area (TPSA) is 321 Å². The maximum absolute atomic E-state index is 12.7. The molecular formula is C19H28N9O11P. The van der Waals surface area contributed by atoms with Gasteiger partial charge in [-0.05, 0) is 6.07 Å². The minimum atomic E-state index is -4.99. The molecule has 9 unspecified atom stereocenters. The fraction of sp³-hybridized carbons (Fsp3) is 0.526. The summed E-state index contributed by atoms with van der Waals surface area (Å²) in [4.78, 5) is 37.9. The average molecular weight is 589 g/mol. The number of nitrogen functional groups attached to an aromatic ring is 2. The number of phosphoric acid groups is 1. The van der Waals surface area contributed by atoms with Crippen LogP contribution in [0.2, 0.25) is 0 Å². The molecule has 0 bridgehead atoms. The number of imidazole rings is 1. The molecule has 40 heavy (non-hydrogen) atoms. The molecule has 0 saturated carbocycles. The summed E-state index contributed by atoms with van der Waals surface area (Å²) in [7, 11) is -4.99. The number of anilines is 2. The third-order valence-corrected chi connectivity index (χ3v) is 7.26. The van der Waals surface area contributed by atoms with Crippen molar-refractivity contribution in [1.82, 2.24) is 35.2 Å². The molecule has 0 spiro atoms. The molecule has 3 aromatic rings. The van der Waals surface area contributed by atoms with Gasteiger partial charge in [0.15, 0.2) is 23.9 Å². The number of aromatic nitrogens is 6. The molecule has 5 heterocycles. The van der Waals surface area contributed by atoms with Crippen LogP contribution < -0.4 is 23.3 Å². The Bertz CT molecular complexity index is 1460. The standard InChI is InChI=1S/C19H25N8O11P.H3N/c20-9-1-2-26(19(32)25-9)18-13(31)14(7(3-28)36-18)38-39(33,34)35-4-8-11(29)12(30)17(37-8)27-6-24-10-15(21)22-5-23-16(10)27;/h1-2,5-8,11-14,17-18,28-31H,3-4H2,(H,33,34)(H2,20,25,32)(H2,21,22,23);1H3. The summed E-state index contributed by atoms with van der Waals surface area (Å²) in [6, 6.07) is 1.27. The Balaban J connectivity index is 0.00000370. The van der Waals surface area contributed by atoms with Crippen LogP contribution in [0.1, 0.15) is 12.5 Å². The molecule has 0 aromatic carbocycles. The predicted octanol–water partition coefficient (Wildman–Crippen LogP) is -3.22. The number of fused-ring (bicyclic) bond motifs is 1. The molecule has 2 saturated heterocycles. The normalized spacial score (nSPS) is 31.7. The highest BCUT2D eigenvalue weighted by Crippen LogP contribution is 2.49. The van der Waals surface area contributed by atoms with Crippen LogP contribution in [0.3, 0.4) is 0 Å². The molecule has 0 amide bonds. The molecule has 0 radical (unpaired) electrons. The highest BCUT2D eigenvalue weighted by molar-refractivity contribution is 7.47. The van der Waals surface area contributed by atoms with Crippen molar-refractivity contribution in [2.75, 3.05) is 24.7 Å². The van der Waals surface area contributed by atoms with Gasteiger partial charge in [0.05, 0.1) is 19.5 Å². The number of hydrogen-bond donors (Lipinski definition) is 8. The van der Waals surface area contributed by atoms with Crippen LogP contribution in [0.5, 0.6) is 0 Å². The summed E-state index contributed by atoms with van der Waals surface area (Å²) in [6.07, 6.45) is -8.03. The molecule has 220 valence electrons. The van der Waals surface area contributed by atoms with E-state index in [0.717, 1.165) is 4.57 Å². The Morgan fingerprint density at radius 2 is 1.73 bits per heavy atom. The van der Waals surface area contributed by atoms with Crippen LogP contribution in [0.4, 0.5) is 11.6 Å². The first kappa shape index (κ1) is 29.8. The lowest BCUT2D eigenvalue weighted by molar-refractivity contribution is -0.0594. The molecule has 2 fully saturated rings. The van der Waals surface area contributed by atoms with E-state index in [1.807, 2.05) is 0 Å². The zero-order chi connectivity index (χ0) is 28.1. The van der Waals surface area contributed by atoms with Crippen molar-refractivity contribution >= 4 is 30.6 Å². The molecule has 5 rings (SSSR count). The smallest absolute Gasteiger partial charge is 0.394 e. The summed E-state index contributed by atoms with van der Waals surface area (Å²) < 4.78 is 36.0. The molecule has 2 aliphatic heterocycles. The van der Waals surface area contributed by atoms with Gasteiger partial charge >= 0.3 is 13.5 Å². The van der Waals surface area contributed by atoms with Crippen LogP contribution in [-0.4, -0.2) is 104 Å². The van der Waals surface area contributed by atoms with E-state index in [1.165, 1.54) is 29.5 Å². The Kier molecular flexibility index (Phi) is 8.49. The third-order valence-electron chi connectivity index (χ3n) is 6.27. The second kappa shape index (κ2) is 11.4. The largest absolute Gasteiger partial charge is 0.472 e. The fourth-order valence-electron chi connectivity index (χ4n) is 4.35. The highest BCUT2D eigenvalue weighted by atomic mass is 31.2. The maximum atomic E-state index is 12.7. The van der Waals surface area contributed by atoms with Crippen molar-refractivity contribution in [3.05, 3.63) is 35.4 Å². The van der Waals surface area contributed by atoms with Gasteiger partial charge in [-0.1, -0.05) is 0 Å². The molecule has 20 nitrogen and oxygen atoms in total.